The quantitative estimate of drug-likeness (QED) is 0.111. The first-order valence-corrected chi connectivity index (χ1v) is 10.9. The van der Waals surface area contributed by atoms with E-state index in [9.17, 15) is 50.3 Å². The Hall–Kier alpha value is -3.77. The van der Waals surface area contributed by atoms with E-state index in [1.165, 1.54) is 0 Å². The number of alkyl halides is 6. The summed E-state index contributed by atoms with van der Waals surface area (Å²) >= 11 is 0. The molecule has 228 valence electrons. The lowest BCUT2D eigenvalue weighted by Gasteiger charge is -2.43. The monoisotopic (exact) mass is 598 g/mol. The average molecular weight is 598 g/mol. The van der Waals surface area contributed by atoms with Gasteiger partial charge in [-0.3, -0.25) is 19.2 Å². The third-order valence-electron chi connectivity index (χ3n) is 4.17. The van der Waals surface area contributed by atoms with E-state index < -0.39 is 98.7 Å². The van der Waals surface area contributed by atoms with Gasteiger partial charge in [-0.25, -0.2) is 4.79 Å². The fourth-order valence-electron chi connectivity index (χ4n) is 2.95. The van der Waals surface area contributed by atoms with Crippen LogP contribution in [0.4, 0.5) is 26.3 Å². The van der Waals surface area contributed by atoms with Crippen molar-refractivity contribution in [1.29, 1.82) is 0 Å². The topological polar surface area (TPSA) is 159 Å². The molecule has 0 N–H and O–H groups in total. The van der Waals surface area contributed by atoms with Crippen LogP contribution in [-0.4, -0.2) is 92.7 Å². The van der Waals surface area contributed by atoms with Gasteiger partial charge >= 0.3 is 42.2 Å². The highest BCUT2D eigenvalue weighted by Crippen LogP contribution is 2.31. The SMILES string of the molecule is CC(=O)OC[C@H]1O[C@H](O/C(=C/C(=O)OCC(F)(F)F)OCC(F)(F)F)[C@@H](OC(C)=O)[C@@H](OC(C)=O)[C@@H]1OC(C)=O. The van der Waals surface area contributed by atoms with Crippen LogP contribution in [0.2, 0.25) is 0 Å². The van der Waals surface area contributed by atoms with Crippen molar-refractivity contribution in [3.05, 3.63) is 12.0 Å². The molecule has 0 bridgehead atoms. The molecule has 1 saturated heterocycles. The Balaban J connectivity index is 3.51. The van der Waals surface area contributed by atoms with Crippen LogP contribution < -0.4 is 0 Å². The molecular weight excluding hydrogens is 574 g/mol. The van der Waals surface area contributed by atoms with Crippen LogP contribution in [0.25, 0.3) is 0 Å². The molecule has 5 atom stereocenters. The van der Waals surface area contributed by atoms with E-state index in [4.69, 9.17) is 28.4 Å². The summed E-state index contributed by atoms with van der Waals surface area (Å²) in [4.78, 5) is 58.4. The second-order valence-electron chi connectivity index (χ2n) is 7.78. The highest BCUT2D eigenvalue weighted by atomic mass is 19.4. The molecule has 0 unspecified atom stereocenters. The van der Waals surface area contributed by atoms with Gasteiger partial charge in [-0.15, -0.1) is 0 Å². The third kappa shape index (κ3) is 13.3. The Morgan fingerprint density at radius 3 is 1.60 bits per heavy atom. The summed E-state index contributed by atoms with van der Waals surface area (Å²) in [6.07, 6.45) is -19.3. The van der Waals surface area contributed by atoms with Crippen molar-refractivity contribution in [2.75, 3.05) is 19.8 Å². The van der Waals surface area contributed by atoms with Crippen molar-refractivity contribution in [2.24, 2.45) is 0 Å². The van der Waals surface area contributed by atoms with Gasteiger partial charge in [0.25, 0.3) is 5.95 Å². The maximum Gasteiger partial charge on any atom is 0.422 e. The summed E-state index contributed by atoms with van der Waals surface area (Å²) in [5.74, 6) is -7.31. The van der Waals surface area contributed by atoms with Crippen molar-refractivity contribution in [1.82, 2.24) is 0 Å². The number of halogens is 6. The Labute approximate surface area is 221 Å². The molecule has 0 aliphatic carbocycles. The van der Waals surface area contributed by atoms with Crippen molar-refractivity contribution in [3.8, 4) is 0 Å². The molecule has 0 saturated carbocycles. The Kier molecular flexibility index (Phi) is 12.5. The predicted octanol–water partition coefficient (Wildman–Crippen LogP) is 1.61. The largest absolute Gasteiger partial charge is 0.463 e. The summed E-state index contributed by atoms with van der Waals surface area (Å²) in [7, 11) is 0. The normalized spacial score (nSPS) is 23.4. The molecule has 0 amide bonds. The molecule has 13 nitrogen and oxygen atoms in total. The first-order chi connectivity index (χ1) is 18.3. The second-order valence-corrected chi connectivity index (χ2v) is 7.78. The third-order valence-corrected chi connectivity index (χ3v) is 4.17. The molecular formula is C21H24F6O13. The Morgan fingerprint density at radius 2 is 1.12 bits per heavy atom. The van der Waals surface area contributed by atoms with Gasteiger partial charge in [0, 0.05) is 27.7 Å². The summed E-state index contributed by atoms with van der Waals surface area (Å²) < 4.78 is 114. The number of rotatable bonds is 11. The molecule has 1 rings (SSSR count). The van der Waals surface area contributed by atoms with Crippen LogP contribution in [0.5, 0.6) is 0 Å². The molecule has 1 aliphatic rings. The molecule has 1 aliphatic heterocycles. The van der Waals surface area contributed by atoms with E-state index in [0.29, 0.717) is 0 Å². The van der Waals surface area contributed by atoms with E-state index in [0.717, 1.165) is 27.7 Å². The second kappa shape index (κ2) is 14.6. The van der Waals surface area contributed by atoms with Gasteiger partial charge in [0.05, 0.1) is 0 Å². The molecule has 1 heterocycles. The molecule has 0 spiro atoms. The Morgan fingerprint density at radius 1 is 0.650 bits per heavy atom. The summed E-state index contributed by atoms with van der Waals surface area (Å²) in [6, 6.07) is 0. The van der Waals surface area contributed by atoms with Crippen LogP contribution in [0.3, 0.4) is 0 Å². The van der Waals surface area contributed by atoms with Crippen LogP contribution in [0.1, 0.15) is 27.7 Å². The summed E-state index contributed by atoms with van der Waals surface area (Å²) in [5, 5.41) is 0. The molecule has 1 fully saturated rings. The van der Waals surface area contributed by atoms with Crippen molar-refractivity contribution < 1.29 is 88.2 Å². The van der Waals surface area contributed by atoms with Gasteiger partial charge in [0.2, 0.25) is 12.4 Å². The van der Waals surface area contributed by atoms with E-state index >= 15 is 0 Å². The molecule has 19 heteroatoms. The molecule has 40 heavy (non-hydrogen) atoms. The number of esters is 5. The fraction of sp³-hybridized carbons (Fsp3) is 0.667. The molecule has 0 radical (unpaired) electrons. The maximum absolute atomic E-state index is 12.8. The standard InChI is InChI=1S/C21H24F6O13/c1-9(28)33-6-13-16(36-10(2)29)17(37-11(3)30)18(38-12(4)31)19(39-13)40-15(35-8-21(25,26)27)5-14(32)34-7-20(22,23)24/h5,13,16-19H,6-8H2,1-4H3/b15-5+/t13-,16-,17+,18+,19-/m1/s1. The maximum atomic E-state index is 12.8. The minimum Gasteiger partial charge on any atom is -0.463 e. The molecule has 0 aromatic carbocycles. The zero-order valence-corrected chi connectivity index (χ0v) is 21.2. The first-order valence-electron chi connectivity index (χ1n) is 10.9. The average Bonchev–Trinajstić information content (AvgIpc) is 2.76. The lowest BCUT2D eigenvalue weighted by molar-refractivity contribution is -0.309. The van der Waals surface area contributed by atoms with Crippen LogP contribution >= 0.6 is 0 Å². The van der Waals surface area contributed by atoms with Crippen LogP contribution in [0, 0.1) is 0 Å². The van der Waals surface area contributed by atoms with E-state index in [1.807, 2.05) is 0 Å². The zero-order chi connectivity index (χ0) is 30.8. The van der Waals surface area contributed by atoms with Gasteiger partial charge in [-0.1, -0.05) is 0 Å². The van der Waals surface area contributed by atoms with Gasteiger partial charge in [0.15, 0.2) is 25.4 Å². The number of hydrogen-bond acceptors (Lipinski definition) is 13. The fourth-order valence-corrected chi connectivity index (χ4v) is 2.95. The lowest BCUT2D eigenvalue weighted by Crippen LogP contribution is -2.62. The van der Waals surface area contributed by atoms with Gasteiger partial charge in [0.1, 0.15) is 18.8 Å². The highest BCUT2D eigenvalue weighted by Gasteiger charge is 2.53. The van der Waals surface area contributed by atoms with E-state index in [-0.39, 0.29) is 6.08 Å². The number of carbonyl (C=O) groups is 5. The Bertz CT molecular complexity index is 962. The van der Waals surface area contributed by atoms with Crippen molar-refractivity contribution in [3.63, 3.8) is 0 Å². The smallest absolute Gasteiger partial charge is 0.422 e. The van der Waals surface area contributed by atoms with Crippen LogP contribution in [0.15, 0.2) is 12.0 Å². The van der Waals surface area contributed by atoms with Crippen molar-refractivity contribution >= 4 is 29.8 Å². The number of carbonyl (C=O) groups excluding carboxylic acids is 5. The summed E-state index contributed by atoms with van der Waals surface area (Å²) in [6.45, 7) is -1.36. The van der Waals surface area contributed by atoms with Crippen LogP contribution in [-0.2, 0) is 61.9 Å². The zero-order valence-electron chi connectivity index (χ0n) is 21.2. The predicted molar refractivity (Wildman–Crippen MR) is 110 cm³/mol. The lowest BCUT2D eigenvalue weighted by atomic mass is 9.98. The minimum absolute atomic E-state index is 0.0360. The minimum atomic E-state index is -5.04. The molecule has 0 aromatic heterocycles. The first kappa shape index (κ1) is 34.3. The highest BCUT2D eigenvalue weighted by molar-refractivity contribution is 5.82. The summed E-state index contributed by atoms with van der Waals surface area (Å²) in [5.41, 5.74) is 0. The molecule has 0 aromatic rings. The van der Waals surface area contributed by atoms with Gasteiger partial charge in [-0.2, -0.15) is 26.3 Å². The van der Waals surface area contributed by atoms with E-state index in [1.54, 1.807) is 0 Å². The number of hydrogen-bond donors (Lipinski definition) is 0. The van der Waals surface area contributed by atoms with Crippen molar-refractivity contribution in [2.45, 2.75) is 70.8 Å². The number of ether oxygens (including phenoxy) is 8. The van der Waals surface area contributed by atoms with E-state index in [2.05, 4.69) is 9.47 Å². The van der Waals surface area contributed by atoms with Gasteiger partial charge in [-0.05, 0) is 0 Å². The van der Waals surface area contributed by atoms with Gasteiger partial charge < -0.3 is 37.9 Å².